The molecule has 4 rings (SSSR count). The van der Waals surface area contributed by atoms with Crippen LogP contribution in [0.1, 0.15) is 35.4 Å². The molecular formula is C17H26ClN5O. The number of likely N-dealkylation sites (tertiary alicyclic amines) is 2. The number of fused-ring (bicyclic) bond motifs is 1. The zero-order valence-electron chi connectivity index (χ0n) is 14.6. The van der Waals surface area contributed by atoms with Crippen LogP contribution >= 0.6 is 11.6 Å². The first-order valence-electron chi connectivity index (χ1n) is 8.89. The lowest BCUT2D eigenvalue weighted by molar-refractivity contribution is -0.0340. The Morgan fingerprint density at radius 2 is 1.83 bits per heavy atom. The summed E-state index contributed by atoms with van der Waals surface area (Å²) in [6.07, 6.45) is 3.48. The van der Waals surface area contributed by atoms with E-state index in [9.17, 15) is 4.79 Å². The van der Waals surface area contributed by atoms with Crippen LogP contribution in [0.2, 0.25) is 5.02 Å². The fraction of sp³-hybridized carbons (Fsp3) is 0.765. The molecule has 24 heavy (non-hydrogen) atoms. The van der Waals surface area contributed by atoms with Gasteiger partial charge >= 0.3 is 0 Å². The summed E-state index contributed by atoms with van der Waals surface area (Å²) >= 11 is 6.53. The average molecular weight is 352 g/mol. The lowest BCUT2D eigenvalue weighted by Gasteiger charge is -2.54. The molecule has 0 unspecified atom stereocenters. The first-order chi connectivity index (χ1) is 11.5. The smallest absolute Gasteiger partial charge is 0.275 e. The van der Waals surface area contributed by atoms with Crippen LogP contribution in [-0.4, -0.2) is 77.2 Å². The topological polar surface area (TPSA) is 44.6 Å². The highest BCUT2D eigenvalue weighted by molar-refractivity contribution is 6.34. The lowest BCUT2D eigenvalue weighted by atomic mass is 9.73. The first-order valence-corrected chi connectivity index (χ1v) is 9.27. The largest absolute Gasteiger partial charge is 0.336 e. The highest BCUT2D eigenvalue weighted by atomic mass is 35.5. The second-order valence-corrected chi connectivity index (χ2v) is 8.30. The maximum atomic E-state index is 12.9. The van der Waals surface area contributed by atoms with Gasteiger partial charge in [-0.05, 0) is 39.9 Å². The summed E-state index contributed by atoms with van der Waals surface area (Å²) in [4.78, 5) is 19.4. The number of aromatic nitrogens is 2. The predicted octanol–water partition coefficient (Wildman–Crippen LogP) is 1.54. The van der Waals surface area contributed by atoms with E-state index in [0.717, 1.165) is 51.4 Å². The van der Waals surface area contributed by atoms with Crippen LogP contribution in [0.4, 0.5) is 0 Å². The Hall–Kier alpha value is -1.11. The predicted molar refractivity (Wildman–Crippen MR) is 93.3 cm³/mol. The van der Waals surface area contributed by atoms with Gasteiger partial charge in [-0.1, -0.05) is 11.6 Å². The van der Waals surface area contributed by atoms with Crippen LogP contribution in [0.3, 0.4) is 0 Å². The fourth-order valence-electron chi connectivity index (χ4n) is 4.54. The van der Waals surface area contributed by atoms with Crippen LogP contribution in [0, 0.1) is 5.41 Å². The molecule has 0 atom stereocenters. The molecular weight excluding hydrogens is 326 g/mol. The molecule has 1 aromatic heterocycles. The third-order valence-corrected chi connectivity index (χ3v) is 6.11. The number of aryl methyl sites for hydroxylation is 1. The van der Waals surface area contributed by atoms with E-state index < -0.39 is 0 Å². The van der Waals surface area contributed by atoms with Crippen molar-refractivity contribution in [2.75, 3.05) is 46.8 Å². The van der Waals surface area contributed by atoms with Gasteiger partial charge < -0.3 is 14.7 Å². The van der Waals surface area contributed by atoms with Crippen LogP contribution in [0.15, 0.2) is 0 Å². The number of carbonyl (C=O) groups is 1. The van der Waals surface area contributed by atoms with Gasteiger partial charge in [0.05, 0.1) is 10.7 Å². The maximum absolute atomic E-state index is 12.9. The van der Waals surface area contributed by atoms with Gasteiger partial charge in [0.15, 0.2) is 5.69 Å². The Kier molecular flexibility index (Phi) is 4.09. The standard InChI is InChI=1S/C17H26ClN5O/c1-20-7-4-8-23-13(9-20)14(18)15(19-23)16(24)22-11-17(12-22)5-3-6-21(2)10-17/h3-12H2,1-2H3. The Balaban J connectivity index is 1.49. The van der Waals surface area contributed by atoms with Crippen molar-refractivity contribution >= 4 is 17.5 Å². The zero-order valence-corrected chi connectivity index (χ0v) is 15.3. The van der Waals surface area contributed by atoms with E-state index in [0.29, 0.717) is 16.1 Å². The molecule has 3 aliphatic heterocycles. The molecule has 0 N–H and O–H groups in total. The molecule has 1 spiro atoms. The molecule has 0 radical (unpaired) electrons. The van der Waals surface area contributed by atoms with Crippen molar-refractivity contribution < 1.29 is 4.79 Å². The molecule has 2 fully saturated rings. The Labute approximate surface area is 148 Å². The number of rotatable bonds is 1. The van der Waals surface area contributed by atoms with Crippen molar-refractivity contribution in [1.82, 2.24) is 24.5 Å². The Morgan fingerprint density at radius 3 is 2.58 bits per heavy atom. The van der Waals surface area contributed by atoms with E-state index in [4.69, 9.17) is 11.6 Å². The Morgan fingerprint density at radius 1 is 1.08 bits per heavy atom. The van der Waals surface area contributed by atoms with Gasteiger partial charge in [0.25, 0.3) is 5.91 Å². The minimum absolute atomic E-state index is 0.00192. The van der Waals surface area contributed by atoms with E-state index in [2.05, 4.69) is 29.0 Å². The van der Waals surface area contributed by atoms with Crippen molar-refractivity contribution in [2.45, 2.75) is 32.4 Å². The molecule has 1 aromatic rings. The van der Waals surface area contributed by atoms with E-state index in [-0.39, 0.29) is 5.91 Å². The maximum Gasteiger partial charge on any atom is 0.275 e. The van der Waals surface area contributed by atoms with Gasteiger partial charge in [0, 0.05) is 44.7 Å². The van der Waals surface area contributed by atoms with E-state index in [1.54, 1.807) is 0 Å². The third kappa shape index (κ3) is 2.74. The molecule has 0 aliphatic carbocycles. The number of carbonyl (C=O) groups excluding carboxylic acids is 1. The van der Waals surface area contributed by atoms with Crippen molar-refractivity contribution in [1.29, 1.82) is 0 Å². The number of hydrogen-bond donors (Lipinski definition) is 0. The van der Waals surface area contributed by atoms with Crippen molar-refractivity contribution in [2.24, 2.45) is 5.41 Å². The van der Waals surface area contributed by atoms with Gasteiger partial charge in [-0.15, -0.1) is 0 Å². The van der Waals surface area contributed by atoms with Gasteiger partial charge in [-0.2, -0.15) is 5.10 Å². The second-order valence-electron chi connectivity index (χ2n) is 7.93. The second kappa shape index (κ2) is 6.00. The quantitative estimate of drug-likeness (QED) is 0.770. The number of hydrogen-bond acceptors (Lipinski definition) is 4. The summed E-state index contributed by atoms with van der Waals surface area (Å²) in [6, 6.07) is 0. The monoisotopic (exact) mass is 351 g/mol. The molecule has 3 aliphatic rings. The van der Waals surface area contributed by atoms with E-state index in [1.165, 1.54) is 19.4 Å². The van der Waals surface area contributed by atoms with Crippen LogP contribution < -0.4 is 0 Å². The zero-order chi connectivity index (χ0) is 16.9. The van der Waals surface area contributed by atoms with Crippen molar-refractivity contribution in [3.05, 3.63) is 16.4 Å². The SMILES string of the molecule is CN1CCCn2nc(C(=O)N3CC4(CCCN(C)C4)C3)c(Cl)c2C1. The minimum atomic E-state index is 0.00192. The van der Waals surface area contributed by atoms with Crippen molar-refractivity contribution in [3.8, 4) is 0 Å². The molecule has 0 aromatic carbocycles. The van der Waals surface area contributed by atoms with Gasteiger partial charge in [0.1, 0.15) is 0 Å². The summed E-state index contributed by atoms with van der Waals surface area (Å²) in [5.74, 6) is 0.00192. The molecule has 7 heteroatoms. The first kappa shape index (κ1) is 16.4. The van der Waals surface area contributed by atoms with Gasteiger partial charge in [-0.25, -0.2) is 0 Å². The highest BCUT2D eigenvalue weighted by Gasteiger charge is 2.47. The normalized spacial score (nSPS) is 24.5. The summed E-state index contributed by atoms with van der Waals surface area (Å²) in [5, 5.41) is 5.10. The number of amides is 1. The van der Waals surface area contributed by atoms with Crippen LogP contribution in [0.5, 0.6) is 0 Å². The molecule has 4 heterocycles. The summed E-state index contributed by atoms with van der Waals surface area (Å²) < 4.78 is 1.93. The minimum Gasteiger partial charge on any atom is -0.336 e. The molecule has 2 saturated heterocycles. The highest BCUT2D eigenvalue weighted by Crippen LogP contribution is 2.39. The molecule has 1 amide bonds. The third-order valence-electron chi connectivity index (χ3n) is 5.72. The van der Waals surface area contributed by atoms with E-state index >= 15 is 0 Å². The van der Waals surface area contributed by atoms with Gasteiger partial charge in [0.2, 0.25) is 0 Å². The van der Waals surface area contributed by atoms with Crippen molar-refractivity contribution in [3.63, 3.8) is 0 Å². The van der Waals surface area contributed by atoms with Gasteiger partial charge in [-0.3, -0.25) is 9.48 Å². The molecule has 0 saturated carbocycles. The summed E-state index contributed by atoms with van der Waals surface area (Å²) in [7, 11) is 4.25. The number of halogens is 1. The lowest BCUT2D eigenvalue weighted by Crippen LogP contribution is -2.63. The number of piperidine rings is 1. The Bertz CT molecular complexity index is 652. The average Bonchev–Trinajstić information content (AvgIpc) is 2.70. The fourth-order valence-corrected chi connectivity index (χ4v) is 4.82. The number of nitrogens with zero attached hydrogens (tertiary/aromatic N) is 5. The summed E-state index contributed by atoms with van der Waals surface area (Å²) in [5.41, 5.74) is 1.72. The molecule has 0 bridgehead atoms. The summed E-state index contributed by atoms with van der Waals surface area (Å²) in [6.45, 7) is 6.57. The molecule has 132 valence electrons. The molecule has 6 nitrogen and oxygen atoms in total. The van der Waals surface area contributed by atoms with E-state index in [1.807, 2.05) is 9.58 Å². The van der Waals surface area contributed by atoms with Crippen LogP contribution in [0.25, 0.3) is 0 Å². The van der Waals surface area contributed by atoms with Crippen LogP contribution in [-0.2, 0) is 13.1 Å².